The largest absolute Gasteiger partial charge is 0.338 e. The minimum Gasteiger partial charge on any atom is -0.338 e. The first-order valence-electron chi connectivity index (χ1n) is 7.36. The fourth-order valence-electron chi connectivity index (χ4n) is 3.43. The molecule has 2 aliphatic heterocycles. The topological polar surface area (TPSA) is 32.3 Å². The van der Waals surface area contributed by atoms with E-state index in [1.807, 2.05) is 4.90 Å². The molecule has 3 nitrogen and oxygen atoms in total. The number of rotatable bonds is 1. The molecule has 1 amide bonds. The minimum absolute atomic E-state index is 0. The number of hydrogen-bond donors (Lipinski definition) is 1. The molecule has 0 bridgehead atoms. The molecule has 2 aliphatic rings. The molecule has 0 aromatic heterocycles. The van der Waals surface area contributed by atoms with Gasteiger partial charge in [-0.25, -0.2) is 4.39 Å². The second kappa shape index (κ2) is 6.32. The normalized spacial score (nSPS) is 20.4. The molecule has 1 aromatic rings. The van der Waals surface area contributed by atoms with E-state index in [9.17, 15) is 9.18 Å². The number of piperidine rings is 1. The van der Waals surface area contributed by atoms with Crippen molar-refractivity contribution in [2.24, 2.45) is 5.41 Å². The maximum Gasteiger partial charge on any atom is 0.253 e. The van der Waals surface area contributed by atoms with Gasteiger partial charge in [0.2, 0.25) is 0 Å². The highest BCUT2D eigenvalue weighted by atomic mass is 35.5. The molecule has 3 rings (SSSR count). The van der Waals surface area contributed by atoms with Gasteiger partial charge >= 0.3 is 0 Å². The first-order valence-corrected chi connectivity index (χ1v) is 7.36. The highest BCUT2D eigenvalue weighted by molar-refractivity contribution is 5.94. The highest BCUT2D eigenvalue weighted by Crippen LogP contribution is 2.39. The van der Waals surface area contributed by atoms with Crippen molar-refractivity contribution in [1.82, 2.24) is 10.2 Å². The lowest BCUT2D eigenvalue weighted by molar-refractivity contribution is 0.0761. The number of likely N-dealkylation sites (tertiary alicyclic amines) is 1. The number of benzene rings is 1. The lowest BCUT2D eigenvalue weighted by Crippen LogP contribution is -2.39. The second-order valence-corrected chi connectivity index (χ2v) is 6.19. The fourth-order valence-corrected chi connectivity index (χ4v) is 3.43. The van der Waals surface area contributed by atoms with Crippen LogP contribution in [0.25, 0.3) is 0 Å². The zero-order valence-corrected chi connectivity index (χ0v) is 13.1. The monoisotopic (exact) mass is 312 g/mol. The van der Waals surface area contributed by atoms with E-state index in [2.05, 4.69) is 5.32 Å². The molecule has 2 saturated heterocycles. The van der Waals surface area contributed by atoms with Gasteiger partial charge in [0.05, 0.1) is 0 Å². The van der Waals surface area contributed by atoms with E-state index in [-0.39, 0.29) is 24.1 Å². The summed E-state index contributed by atoms with van der Waals surface area (Å²) in [5.74, 6) is -0.207. The Kier molecular flexibility index (Phi) is 4.89. The molecule has 0 unspecified atom stereocenters. The number of nitrogens with zero attached hydrogens (tertiary/aromatic N) is 1. The van der Waals surface area contributed by atoms with Gasteiger partial charge in [-0.2, -0.15) is 0 Å². The number of halogens is 2. The van der Waals surface area contributed by atoms with Crippen LogP contribution in [0, 0.1) is 18.2 Å². The molecule has 0 atom stereocenters. The summed E-state index contributed by atoms with van der Waals surface area (Å²) >= 11 is 0. The van der Waals surface area contributed by atoms with Gasteiger partial charge in [0, 0.05) is 18.7 Å². The highest BCUT2D eigenvalue weighted by Gasteiger charge is 2.40. The summed E-state index contributed by atoms with van der Waals surface area (Å²) < 4.78 is 13.3. The third kappa shape index (κ3) is 3.22. The average molecular weight is 313 g/mol. The summed E-state index contributed by atoms with van der Waals surface area (Å²) in [6.07, 6.45) is 3.40. The Morgan fingerprint density at radius 3 is 2.67 bits per heavy atom. The molecule has 0 saturated carbocycles. The summed E-state index contributed by atoms with van der Waals surface area (Å²) in [7, 11) is 0. The fraction of sp³-hybridized carbons (Fsp3) is 0.562. The molecular weight excluding hydrogens is 291 g/mol. The van der Waals surface area contributed by atoms with Crippen molar-refractivity contribution < 1.29 is 9.18 Å². The molecule has 1 spiro atoms. The van der Waals surface area contributed by atoms with Crippen LogP contribution in [0.2, 0.25) is 0 Å². The van der Waals surface area contributed by atoms with Gasteiger partial charge in [-0.05, 0) is 68.5 Å². The molecule has 0 radical (unpaired) electrons. The van der Waals surface area contributed by atoms with Crippen LogP contribution in [0.15, 0.2) is 18.2 Å². The summed E-state index contributed by atoms with van der Waals surface area (Å²) in [5, 5.41) is 3.38. The third-order valence-electron chi connectivity index (χ3n) is 4.79. The van der Waals surface area contributed by atoms with E-state index >= 15 is 0 Å². The van der Waals surface area contributed by atoms with E-state index in [1.165, 1.54) is 6.07 Å². The van der Waals surface area contributed by atoms with Crippen LogP contribution < -0.4 is 5.32 Å². The molecule has 1 aromatic carbocycles. The van der Waals surface area contributed by atoms with Gasteiger partial charge in [-0.1, -0.05) is 0 Å². The summed E-state index contributed by atoms with van der Waals surface area (Å²) in [6.45, 7) is 5.49. The van der Waals surface area contributed by atoms with E-state index in [1.54, 1.807) is 19.1 Å². The van der Waals surface area contributed by atoms with E-state index in [0.29, 0.717) is 16.5 Å². The van der Waals surface area contributed by atoms with Crippen molar-refractivity contribution in [1.29, 1.82) is 0 Å². The van der Waals surface area contributed by atoms with Gasteiger partial charge in [0.1, 0.15) is 5.82 Å². The summed E-state index contributed by atoms with van der Waals surface area (Å²) in [6, 6.07) is 4.64. The molecule has 2 fully saturated rings. The Morgan fingerprint density at radius 2 is 2.00 bits per heavy atom. The van der Waals surface area contributed by atoms with E-state index in [0.717, 1.165) is 45.4 Å². The number of carbonyl (C=O) groups excluding carboxylic acids is 1. The minimum atomic E-state index is -0.252. The van der Waals surface area contributed by atoms with Crippen molar-refractivity contribution in [2.45, 2.75) is 26.2 Å². The average Bonchev–Trinajstić information content (AvgIpc) is 2.85. The van der Waals surface area contributed by atoms with Crippen molar-refractivity contribution >= 4 is 18.3 Å². The van der Waals surface area contributed by atoms with Crippen LogP contribution in [0.1, 0.15) is 35.2 Å². The predicted molar refractivity (Wildman–Crippen MR) is 83.4 cm³/mol. The lowest BCUT2D eigenvalue weighted by atomic mass is 9.78. The third-order valence-corrected chi connectivity index (χ3v) is 4.79. The Bertz CT molecular complexity index is 529. The zero-order chi connectivity index (χ0) is 14.2. The molecule has 21 heavy (non-hydrogen) atoms. The van der Waals surface area contributed by atoms with Crippen molar-refractivity contribution in [3.63, 3.8) is 0 Å². The maximum absolute atomic E-state index is 13.3. The number of carbonyl (C=O) groups is 1. The van der Waals surface area contributed by atoms with Gasteiger partial charge in [-0.3, -0.25) is 4.79 Å². The summed E-state index contributed by atoms with van der Waals surface area (Å²) in [4.78, 5) is 14.5. The smallest absolute Gasteiger partial charge is 0.253 e. The van der Waals surface area contributed by atoms with Crippen LogP contribution >= 0.6 is 12.4 Å². The first-order chi connectivity index (χ1) is 9.60. The van der Waals surface area contributed by atoms with E-state index < -0.39 is 0 Å². The van der Waals surface area contributed by atoms with Crippen LogP contribution in [0.3, 0.4) is 0 Å². The summed E-state index contributed by atoms with van der Waals surface area (Å²) in [5.41, 5.74) is 1.46. The van der Waals surface area contributed by atoms with Gasteiger partial charge in [-0.15, -0.1) is 12.4 Å². The number of nitrogens with one attached hydrogen (secondary N) is 1. The molecular formula is C16H22ClFN2O. The Labute approximate surface area is 131 Å². The van der Waals surface area contributed by atoms with Crippen molar-refractivity contribution in [3.05, 3.63) is 35.1 Å². The van der Waals surface area contributed by atoms with E-state index in [4.69, 9.17) is 0 Å². The second-order valence-electron chi connectivity index (χ2n) is 6.19. The molecule has 5 heteroatoms. The SMILES string of the molecule is Cc1cc(C(=O)N2CCC3(CCNCC3)C2)ccc1F.Cl. The number of aryl methyl sites for hydroxylation is 1. The number of hydrogen-bond acceptors (Lipinski definition) is 2. The Balaban J connectivity index is 0.00000161. The van der Waals surface area contributed by atoms with Gasteiger partial charge in [0.15, 0.2) is 0 Å². The van der Waals surface area contributed by atoms with Crippen molar-refractivity contribution in [2.75, 3.05) is 26.2 Å². The molecule has 1 N–H and O–H groups in total. The molecule has 2 heterocycles. The van der Waals surface area contributed by atoms with Crippen LogP contribution in [-0.4, -0.2) is 37.0 Å². The molecule has 116 valence electrons. The standard InChI is InChI=1S/C16H21FN2O.ClH/c1-12-10-13(2-3-14(12)17)15(20)19-9-6-16(11-19)4-7-18-8-5-16;/h2-3,10,18H,4-9,11H2,1H3;1H. The van der Waals surface area contributed by atoms with Crippen LogP contribution in [0.4, 0.5) is 4.39 Å². The lowest BCUT2D eigenvalue weighted by Gasteiger charge is -2.33. The Hall–Kier alpha value is -1.13. The van der Waals surface area contributed by atoms with Crippen LogP contribution in [0.5, 0.6) is 0 Å². The maximum atomic E-state index is 13.3. The van der Waals surface area contributed by atoms with Crippen molar-refractivity contribution in [3.8, 4) is 0 Å². The van der Waals surface area contributed by atoms with Gasteiger partial charge in [0.25, 0.3) is 5.91 Å². The quantitative estimate of drug-likeness (QED) is 0.865. The zero-order valence-electron chi connectivity index (χ0n) is 12.3. The molecule has 0 aliphatic carbocycles. The van der Waals surface area contributed by atoms with Gasteiger partial charge < -0.3 is 10.2 Å². The number of amides is 1. The predicted octanol–water partition coefficient (Wildman–Crippen LogP) is 2.77. The Morgan fingerprint density at radius 1 is 1.29 bits per heavy atom. The van der Waals surface area contributed by atoms with Crippen LogP contribution in [-0.2, 0) is 0 Å². The first kappa shape index (κ1) is 16.2.